The van der Waals surface area contributed by atoms with Crippen LogP contribution in [-0.2, 0) is 4.74 Å². The zero-order valence-corrected chi connectivity index (χ0v) is 9.72. The number of aromatic nitrogens is 2. The summed E-state index contributed by atoms with van der Waals surface area (Å²) in [6.07, 6.45) is 7.72. The maximum Gasteiger partial charge on any atom is 0.358 e. The van der Waals surface area contributed by atoms with E-state index in [-0.39, 0.29) is 5.69 Å². The number of esters is 1. The minimum atomic E-state index is -0.471. The van der Waals surface area contributed by atoms with Crippen LogP contribution in [0.4, 0.5) is 5.82 Å². The predicted molar refractivity (Wildman–Crippen MR) is 63.8 cm³/mol. The van der Waals surface area contributed by atoms with Crippen LogP contribution in [0.5, 0.6) is 0 Å². The Hall–Kier alpha value is -1.91. The van der Waals surface area contributed by atoms with E-state index in [2.05, 4.69) is 32.4 Å². The van der Waals surface area contributed by atoms with E-state index in [1.54, 1.807) is 12.1 Å². The zero-order valence-electron chi connectivity index (χ0n) is 9.72. The van der Waals surface area contributed by atoms with E-state index in [0.29, 0.717) is 11.9 Å². The normalized spacial score (nSPS) is 18.8. The van der Waals surface area contributed by atoms with Crippen molar-refractivity contribution in [1.82, 2.24) is 10.2 Å². The first kappa shape index (κ1) is 11.6. The Bertz CT molecular complexity index is 414. The van der Waals surface area contributed by atoms with Gasteiger partial charge in [0, 0.05) is 6.04 Å². The largest absolute Gasteiger partial charge is 0.464 e. The van der Waals surface area contributed by atoms with Gasteiger partial charge in [-0.15, -0.1) is 10.2 Å². The van der Waals surface area contributed by atoms with Crippen LogP contribution in [-0.4, -0.2) is 29.3 Å². The number of methoxy groups -OCH3 is 1. The van der Waals surface area contributed by atoms with E-state index in [4.69, 9.17) is 0 Å². The second-order valence-electron chi connectivity index (χ2n) is 3.91. The second-order valence-corrected chi connectivity index (χ2v) is 3.91. The molecule has 1 aromatic heterocycles. The molecule has 1 aliphatic rings. The fourth-order valence-electron chi connectivity index (χ4n) is 1.75. The molecule has 17 heavy (non-hydrogen) atoms. The molecule has 5 nitrogen and oxygen atoms in total. The first-order chi connectivity index (χ1) is 8.29. The Labute approximate surface area is 99.9 Å². The summed E-state index contributed by atoms with van der Waals surface area (Å²) in [4.78, 5) is 11.2. The Balaban J connectivity index is 2.00. The quantitative estimate of drug-likeness (QED) is 0.637. The van der Waals surface area contributed by atoms with Crippen LogP contribution in [0, 0.1) is 0 Å². The Morgan fingerprint density at radius 2 is 2.35 bits per heavy atom. The lowest BCUT2D eigenvalue weighted by atomic mass is 10.0. The van der Waals surface area contributed by atoms with Gasteiger partial charge in [-0.25, -0.2) is 4.79 Å². The molecule has 0 saturated carbocycles. The predicted octanol–water partition coefficient (Wildman–Crippen LogP) is 1.78. The lowest BCUT2D eigenvalue weighted by molar-refractivity contribution is 0.0593. The van der Waals surface area contributed by atoms with Crippen molar-refractivity contribution in [3.05, 3.63) is 30.0 Å². The van der Waals surface area contributed by atoms with Crippen molar-refractivity contribution in [2.45, 2.75) is 25.3 Å². The highest BCUT2D eigenvalue weighted by Gasteiger charge is 2.11. The van der Waals surface area contributed by atoms with E-state index in [0.717, 1.165) is 12.8 Å². The average Bonchev–Trinajstić information content (AvgIpc) is 2.40. The molecule has 5 heteroatoms. The van der Waals surface area contributed by atoms with Crippen LogP contribution >= 0.6 is 0 Å². The molecular weight excluding hydrogens is 218 g/mol. The first-order valence-corrected chi connectivity index (χ1v) is 5.65. The number of rotatable bonds is 3. The Morgan fingerprint density at radius 3 is 2.94 bits per heavy atom. The van der Waals surface area contributed by atoms with Crippen LogP contribution < -0.4 is 5.32 Å². The standard InChI is InChI=1S/C12H15N3O2/c1-17-12(16)10-7-8-11(15-14-10)13-9-5-3-2-4-6-9/h3,5,7-9H,2,4,6H2,1H3,(H,13,15)/t9-/m1/s1. The van der Waals surface area contributed by atoms with Gasteiger partial charge in [-0.05, 0) is 31.4 Å². The molecular formula is C12H15N3O2. The van der Waals surface area contributed by atoms with Crippen molar-refractivity contribution in [3.63, 3.8) is 0 Å². The third-order valence-corrected chi connectivity index (χ3v) is 2.65. The summed E-state index contributed by atoms with van der Waals surface area (Å²) >= 11 is 0. The summed E-state index contributed by atoms with van der Waals surface area (Å²) < 4.78 is 4.55. The molecule has 0 bridgehead atoms. The first-order valence-electron chi connectivity index (χ1n) is 5.65. The molecule has 1 atom stereocenters. The second kappa shape index (κ2) is 5.43. The third-order valence-electron chi connectivity index (χ3n) is 2.65. The summed E-state index contributed by atoms with van der Waals surface area (Å²) in [6.45, 7) is 0. The molecule has 1 heterocycles. The van der Waals surface area contributed by atoms with E-state index in [1.807, 2.05) is 0 Å². The summed E-state index contributed by atoms with van der Waals surface area (Å²) in [5.74, 6) is 0.204. The molecule has 1 aromatic rings. The SMILES string of the molecule is COC(=O)c1ccc(N[C@@H]2C=CCCC2)nn1. The number of carbonyl (C=O) groups excluding carboxylic acids is 1. The molecule has 1 aliphatic carbocycles. The summed E-state index contributed by atoms with van der Waals surface area (Å²) in [7, 11) is 1.32. The summed E-state index contributed by atoms with van der Waals surface area (Å²) in [6, 6.07) is 3.65. The van der Waals surface area contributed by atoms with Crippen LogP contribution in [0.3, 0.4) is 0 Å². The minimum absolute atomic E-state index is 0.220. The molecule has 90 valence electrons. The lowest BCUT2D eigenvalue weighted by Gasteiger charge is -2.17. The van der Waals surface area contributed by atoms with Gasteiger partial charge in [0.1, 0.15) is 5.82 Å². The summed E-state index contributed by atoms with van der Waals surface area (Å²) in [5.41, 5.74) is 0.220. The Morgan fingerprint density at radius 1 is 1.47 bits per heavy atom. The number of hydrogen-bond acceptors (Lipinski definition) is 5. The van der Waals surface area contributed by atoms with Crippen molar-refractivity contribution in [2.75, 3.05) is 12.4 Å². The zero-order chi connectivity index (χ0) is 12.1. The molecule has 0 saturated heterocycles. The number of anilines is 1. The van der Waals surface area contributed by atoms with Crippen molar-refractivity contribution in [2.24, 2.45) is 0 Å². The number of hydrogen-bond donors (Lipinski definition) is 1. The molecule has 0 fully saturated rings. The fourth-order valence-corrected chi connectivity index (χ4v) is 1.75. The van der Waals surface area contributed by atoms with Gasteiger partial charge in [-0.1, -0.05) is 12.2 Å². The number of ether oxygens (including phenoxy) is 1. The van der Waals surface area contributed by atoms with Crippen molar-refractivity contribution in [1.29, 1.82) is 0 Å². The molecule has 0 aromatic carbocycles. The number of nitrogens with zero attached hydrogens (tertiary/aromatic N) is 2. The maximum absolute atomic E-state index is 11.2. The van der Waals surface area contributed by atoms with Crippen LogP contribution in [0.15, 0.2) is 24.3 Å². The van der Waals surface area contributed by atoms with Gasteiger partial charge in [0.15, 0.2) is 5.69 Å². The maximum atomic E-state index is 11.2. The van der Waals surface area contributed by atoms with Crippen LogP contribution in [0.25, 0.3) is 0 Å². The van der Waals surface area contributed by atoms with E-state index < -0.39 is 5.97 Å². The van der Waals surface area contributed by atoms with E-state index in [1.165, 1.54) is 13.5 Å². The van der Waals surface area contributed by atoms with Crippen molar-refractivity contribution >= 4 is 11.8 Å². The van der Waals surface area contributed by atoms with Crippen molar-refractivity contribution < 1.29 is 9.53 Å². The molecule has 0 radical (unpaired) electrons. The molecule has 0 unspecified atom stereocenters. The third kappa shape index (κ3) is 3.03. The molecule has 2 rings (SSSR count). The monoisotopic (exact) mass is 233 g/mol. The van der Waals surface area contributed by atoms with Crippen LogP contribution in [0.2, 0.25) is 0 Å². The summed E-state index contributed by atoms with van der Waals surface area (Å²) in [5, 5.41) is 11.0. The smallest absolute Gasteiger partial charge is 0.358 e. The van der Waals surface area contributed by atoms with E-state index in [9.17, 15) is 4.79 Å². The lowest BCUT2D eigenvalue weighted by Crippen LogP contribution is -2.20. The van der Waals surface area contributed by atoms with Crippen LogP contribution in [0.1, 0.15) is 29.8 Å². The van der Waals surface area contributed by atoms with Gasteiger partial charge in [-0.3, -0.25) is 0 Å². The highest BCUT2D eigenvalue weighted by molar-refractivity contribution is 5.86. The van der Waals surface area contributed by atoms with Crippen molar-refractivity contribution in [3.8, 4) is 0 Å². The van der Waals surface area contributed by atoms with Gasteiger partial charge >= 0.3 is 5.97 Å². The van der Waals surface area contributed by atoms with Gasteiger partial charge in [0.2, 0.25) is 0 Å². The van der Waals surface area contributed by atoms with Gasteiger partial charge in [-0.2, -0.15) is 0 Å². The number of carbonyl (C=O) groups is 1. The number of nitrogens with one attached hydrogen (secondary N) is 1. The molecule has 0 aliphatic heterocycles. The molecule has 1 N–H and O–H groups in total. The Kier molecular flexibility index (Phi) is 3.69. The van der Waals surface area contributed by atoms with E-state index >= 15 is 0 Å². The van der Waals surface area contributed by atoms with Gasteiger partial charge in [0.25, 0.3) is 0 Å². The van der Waals surface area contributed by atoms with Gasteiger partial charge < -0.3 is 10.1 Å². The average molecular weight is 233 g/mol. The highest BCUT2D eigenvalue weighted by Crippen LogP contribution is 2.14. The number of allylic oxidation sites excluding steroid dienone is 1. The molecule has 0 spiro atoms. The topological polar surface area (TPSA) is 64.1 Å². The fraction of sp³-hybridized carbons (Fsp3) is 0.417. The van der Waals surface area contributed by atoms with Gasteiger partial charge in [0.05, 0.1) is 7.11 Å². The minimum Gasteiger partial charge on any atom is -0.464 e. The molecule has 0 amide bonds. The highest BCUT2D eigenvalue weighted by atomic mass is 16.5.